The highest BCUT2D eigenvalue weighted by Gasteiger charge is 2.08. The zero-order valence-corrected chi connectivity index (χ0v) is 11.9. The lowest BCUT2D eigenvalue weighted by Gasteiger charge is -2.13. The molecule has 0 spiro atoms. The fourth-order valence-electron chi connectivity index (χ4n) is 1.11. The highest BCUT2D eigenvalue weighted by atomic mass is 79.9. The van der Waals surface area contributed by atoms with E-state index in [9.17, 15) is 5.11 Å². The SMILES string of the molecule is COc1cc(NC[C@H](O)CO)c(Br)cc1Br. The van der Waals surface area contributed by atoms with Crippen LogP contribution in [-0.4, -0.2) is 36.6 Å². The Kier molecular flexibility index (Phi) is 5.54. The minimum absolute atomic E-state index is 0.266. The zero-order valence-electron chi connectivity index (χ0n) is 8.70. The van der Waals surface area contributed by atoms with Crippen molar-refractivity contribution < 1.29 is 14.9 Å². The molecule has 3 N–H and O–H groups in total. The predicted octanol–water partition coefficient (Wildman–Crippen LogP) is 1.99. The summed E-state index contributed by atoms with van der Waals surface area (Å²) < 4.78 is 6.85. The van der Waals surface area contributed by atoms with Crippen LogP contribution in [0.2, 0.25) is 0 Å². The summed E-state index contributed by atoms with van der Waals surface area (Å²) in [6.45, 7) is 0.0121. The standard InChI is InChI=1S/C10H13Br2NO3/c1-16-10-3-9(7(11)2-8(10)12)13-4-6(15)5-14/h2-3,6,13-15H,4-5H2,1H3/t6-/m0/s1. The number of hydrogen-bond donors (Lipinski definition) is 3. The number of nitrogens with one attached hydrogen (secondary N) is 1. The van der Waals surface area contributed by atoms with Crippen molar-refractivity contribution in [1.82, 2.24) is 0 Å². The van der Waals surface area contributed by atoms with Crippen LogP contribution in [0.3, 0.4) is 0 Å². The molecule has 0 heterocycles. The molecule has 16 heavy (non-hydrogen) atoms. The second-order valence-electron chi connectivity index (χ2n) is 3.18. The van der Waals surface area contributed by atoms with Gasteiger partial charge in [-0.2, -0.15) is 0 Å². The highest BCUT2D eigenvalue weighted by molar-refractivity contribution is 9.11. The lowest BCUT2D eigenvalue weighted by molar-refractivity contribution is 0.105. The van der Waals surface area contributed by atoms with Gasteiger partial charge in [-0.15, -0.1) is 0 Å². The van der Waals surface area contributed by atoms with Gasteiger partial charge >= 0.3 is 0 Å². The number of benzene rings is 1. The van der Waals surface area contributed by atoms with E-state index in [1.54, 1.807) is 13.2 Å². The van der Waals surface area contributed by atoms with Gasteiger partial charge in [-0.1, -0.05) is 0 Å². The van der Waals surface area contributed by atoms with Crippen LogP contribution in [0.25, 0.3) is 0 Å². The lowest BCUT2D eigenvalue weighted by Crippen LogP contribution is -2.23. The average molecular weight is 355 g/mol. The zero-order chi connectivity index (χ0) is 12.1. The molecule has 1 aromatic rings. The summed E-state index contributed by atoms with van der Waals surface area (Å²) in [5.74, 6) is 0.698. The summed E-state index contributed by atoms with van der Waals surface area (Å²) in [6, 6.07) is 3.66. The Bertz CT molecular complexity index is 360. The Morgan fingerprint density at radius 3 is 2.62 bits per heavy atom. The van der Waals surface area contributed by atoms with Crippen molar-refractivity contribution in [1.29, 1.82) is 0 Å². The van der Waals surface area contributed by atoms with Gasteiger partial charge in [0, 0.05) is 17.1 Å². The molecule has 0 unspecified atom stereocenters. The van der Waals surface area contributed by atoms with Crippen LogP contribution >= 0.6 is 31.9 Å². The molecule has 0 aliphatic rings. The molecule has 0 saturated carbocycles. The van der Waals surface area contributed by atoms with Crippen LogP contribution < -0.4 is 10.1 Å². The van der Waals surface area contributed by atoms with E-state index >= 15 is 0 Å². The summed E-state index contributed by atoms with van der Waals surface area (Å²) in [7, 11) is 1.58. The first-order chi connectivity index (χ1) is 7.58. The van der Waals surface area contributed by atoms with Crippen molar-refractivity contribution in [2.75, 3.05) is 25.6 Å². The third-order valence-electron chi connectivity index (χ3n) is 1.98. The van der Waals surface area contributed by atoms with Crippen molar-refractivity contribution in [3.63, 3.8) is 0 Å². The van der Waals surface area contributed by atoms with Crippen LogP contribution in [0, 0.1) is 0 Å². The molecule has 0 fully saturated rings. The van der Waals surface area contributed by atoms with Gasteiger partial charge in [-0.3, -0.25) is 0 Å². The van der Waals surface area contributed by atoms with Crippen molar-refractivity contribution in [2.45, 2.75) is 6.10 Å². The molecule has 0 radical (unpaired) electrons. The first kappa shape index (κ1) is 13.8. The number of aliphatic hydroxyl groups is 2. The normalized spacial score (nSPS) is 12.3. The monoisotopic (exact) mass is 353 g/mol. The first-order valence-corrected chi connectivity index (χ1v) is 6.23. The van der Waals surface area contributed by atoms with E-state index in [1.165, 1.54) is 0 Å². The molecule has 0 saturated heterocycles. The third-order valence-corrected chi connectivity index (χ3v) is 3.26. The fraction of sp³-hybridized carbons (Fsp3) is 0.400. The molecule has 0 amide bonds. The summed E-state index contributed by atoms with van der Waals surface area (Å²) >= 11 is 6.75. The summed E-state index contributed by atoms with van der Waals surface area (Å²) in [4.78, 5) is 0. The van der Waals surface area contributed by atoms with Gasteiger partial charge in [0.2, 0.25) is 0 Å². The second kappa shape index (κ2) is 6.44. The summed E-state index contributed by atoms with van der Waals surface area (Å²) in [5, 5.41) is 20.9. The van der Waals surface area contributed by atoms with Crippen molar-refractivity contribution in [2.24, 2.45) is 0 Å². The van der Waals surface area contributed by atoms with Crippen LogP contribution in [0.5, 0.6) is 5.75 Å². The van der Waals surface area contributed by atoms with Crippen LogP contribution in [-0.2, 0) is 0 Å². The first-order valence-electron chi connectivity index (χ1n) is 4.64. The summed E-state index contributed by atoms with van der Waals surface area (Å²) in [5.41, 5.74) is 0.799. The maximum absolute atomic E-state index is 9.22. The molecule has 6 heteroatoms. The van der Waals surface area contributed by atoms with Gasteiger partial charge in [0.1, 0.15) is 5.75 Å². The van der Waals surface area contributed by atoms with E-state index in [2.05, 4.69) is 37.2 Å². The van der Waals surface area contributed by atoms with Crippen LogP contribution in [0.1, 0.15) is 0 Å². The maximum atomic E-state index is 9.22. The van der Waals surface area contributed by atoms with Gasteiger partial charge < -0.3 is 20.3 Å². The molecule has 90 valence electrons. The molecule has 1 atom stereocenters. The minimum atomic E-state index is -0.776. The molecule has 0 bridgehead atoms. The molecule has 4 nitrogen and oxygen atoms in total. The topological polar surface area (TPSA) is 61.7 Å². The Morgan fingerprint density at radius 2 is 2.06 bits per heavy atom. The van der Waals surface area contributed by atoms with Gasteiger partial charge in [0.05, 0.1) is 30.0 Å². The molecule has 1 rings (SSSR count). The smallest absolute Gasteiger partial charge is 0.135 e. The Balaban J connectivity index is 2.79. The minimum Gasteiger partial charge on any atom is -0.495 e. The van der Waals surface area contributed by atoms with Crippen molar-refractivity contribution in [3.05, 3.63) is 21.1 Å². The predicted molar refractivity (Wildman–Crippen MR) is 70.0 cm³/mol. The number of hydrogen-bond acceptors (Lipinski definition) is 4. The number of rotatable bonds is 5. The highest BCUT2D eigenvalue weighted by Crippen LogP contribution is 2.34. The van der Waals surface area contributed by atoms with Crippen LogP contribution in [0.4, 0.5) is 5.69 Å². The third kappa shape index (κ3) is 3.62. The van der Waals surface area contributed by atoms with E-state index in [0.717, 1.165) is 14.6 Å². The van der Waals surface area contributed by atoms with Gasteiger partial charge in [0.15, 0.2) is 0 Å². The number of aliphatic hydroxyl groups excluding tert-OH is 2. The number of ether oxygens (including phenoxy) is 1. The molecule has 0 aromatic heterocycles. The largest absolute Gasteiger partial charge is 0.495 e. The van der Waals surface area contributed by atoms with Crippen molar-refractivity contribution in [3.8, 4) is 5.75 Å². The van der Waals surface area contributed by atoms with Gasteiger partial charge in [-0.05, 0) is 37.9 Å². The lowest BCUT2D eigenvalue weighted by atomic mass is 10.3. The summed E-state index contributed by atoms with van der Waals surface area (Å²) in [6.07, 6.45) is -0.776. The number of methoxy groups -OCH3 is 1. The Hall–Kier alpha value is -0.300. The quantitative estimate of drug-likeness (QED) is 0.756. The fourth-order valence-corrected chi connectivity index (χ4v) is 2.41. The van der Waals surface area contributed by atoms with E-state index < -0.39 is 6.10 Å². The Morgan fingerprint density at radius 1 is 1.38 bits per heavy atom. The van der Waals surface area contributed by atoms with E-state index in [4.69, 9.17) is 9.84 Å². The van der Waals surface area contributed by atoms with E-state index in [0.29, 0.717) is 5.75 Å². The molecular formula is C10H13Br2NO3. The number of anilines is 1. The molecule has 0 aliphatic heterocycles. The van der Waals surface area contributed by atoms with E-state index in [-0.39, 0.29) is 13.2 Å². The van der Waals surface area contributed by atoms with Gasteiger partial charge in [-0.25, -0.2) is 0 Å². The molecule has 1 aromatic carbocycles. The van der Waals surface area contributed by atoms with E-state index in [1.807, 2.05) is 6.07 Å². The van der Waals surface area contributed by atoms with Crippen LogP contribution in [0.15, 0.2) is 21.1 Å². The number of halogens is 2. The van der Waals surface area contributed by atoms with Crippen molar-refractivity contribution >= 4 is 37.5 Å². The molecule has 0 aliphatic carbocycles. The molecular weight excluding hydrogens is 342 g/mol. The maximum Gasteiger partial charge on any atom is 0.135 e. The average Bonchev–Trinajstić information content (AvgIpc) is 2.27. The Labute approximate surface area is 111 Å². The second-order valence-corrected chi connectivity index (χ2v) is 4.89. The van der Waals surface area contributed by atoms with Gasteiger partial charge in [0.25, 0.3) is 0 Å².